The number of aromatic nitrogens is 1. The van der Waals surface area contributed by atoms with Gasteiger partial charge in [0.15, 0.2) is 0 Å². The van der Waals surface area contributed by atoms with Crippen LogP contribution >= 0.6 is 0 Å². The zero-order valence-corrected chi connectivity index (χ0v) is 11.8. The van der Waals surface area contributed by atoms with Crippen molar-refractivity contribution < 1.29 is 9.66 Å². The Hall–Kier alpha value is -1.89. The Balaban J connectivity index is 2.17. The van der Waals surface area contributed by atoms with Crippen LogP contribution in [0.5, 0.6) is 0 Å². The molecule has 2 heterocycles. The summed E-state index contributed by atoms with van der Waals surface area (Å²) in [5, 5.41) is 14.0. The fourth-order valence-electron chi connectivity index (χ4n) is 2.43. The summed E-state index contributed by atoms with van der Waals surface area (Å²) in [6.45, 7) is 4.14. The third kappa shape index (κ3) is 3.16. The number of pyridine rings is 1. The summed E-state index contributed by atoms with van der Waals surface area (Å²) in [6, 6.07) is 3.12. The molecule has 7 nitrogen and oxygen atoms in total. The molecule has 0 saturated carbocycles. The van der Waals surface area contributed by atoms with Crippen molar-refractivity contribution in [1.29, 1.82) is 0 Å². The van der Waals surface area contributed by atoms with Gasteiger partial charge < -0.3 is 15.0 Å². The van der Waals surface area contributed by atoms with Crippen molar-refractivity contribution in [2.45, 2.75) is 25.9 Å². The van der Waals surface area contributed by atoms with Gasteiger partial charge in [0.2, 0.25) is 5.82 Å². The predicted molar refractivity (Wildman–Crippen MR) is 77.3 cm³/mol. The molecular formula is C13H20N4O3. The summed E-state index contributed by atoms with van der Waals surface area (Å²) >= 11 is 0. The molecule has 0 radical (unpaired) electrons. The molecule has 0 unspecified atom stereocenters. The van der Waals surface area contributed by atoms with E-state index < -0.39 is 0 Å². The van der Waals surface area contributed by atoms with E-state index in [1.807, 2.05) is 11.8 Å². The molecule has 110 valence electrons. The van der Waals surface area contributed by atoms with Gasteiger partial charge in [0.25, 0.3) is 0 Å². The molecule has 0 spiro atoms. The zero-order chi connectivity index (χ0) is 14.5. The van der Waals surface area contributed by atoms with E-state index >= 15 is 0 Å². The highest BCUT2D eigenvalue weighted by Gasteiger charge is 2.26. The minimum atomic E-state index is -0.379. The summed E-state index contributed by atoms with van der Waals surface area (Å²) in [5.41, 5.74) is 0.0545. The highest BCUT2D eigenvalue weighted by atomic mass is 16.6. The first-order valence-electron chi connectivity index (χ1n) is 6.85. The van der Waals surface area contributed by atoms with Crippen LogP contribution in [-0.2, 0) is 4.74 Å². The van der Waals surface area contributed by atoms with Gasteiger partial charge in [-0.1, -0.05) is 0 Å². The van der Waals surface area contributed by atoms with E-state index in [1.165, 1.54) is 6.07 Å². The second-order valence-electron chi connectivity index (χ2n) is 4.69. The largest absolute Gasteiger partial charge is 0.378 e. The van der Waals surface area contributed by atoms with Crippen LogP contribution in [0.2, 0.25) is 0 Å². The van der Waals surface area contributed by atoms with Gasteiger partial charge in [0.1, 0.15) is 5.82 Å². The number of rotatable bonds is 5. The van der Waals surface area contributed by atoms with Crippen molar-refractivity contribution in [1.82, 2.24) is 4.98 Å². The number of ether oxygens (including phenoxy) is 1. The Morgan fingerprint density at radius 1 is 1.50 bits per heavy atom. The van der Waals surface area contributed by atoms with E-state index in [-0.39, 0.29) is 16.7 Å². The fraction of sp³-hybridized carbons (Fsp3) is 0.615. The smallest absolute Gasteiger partial charge is 0.311 e. The lowest BCUT2D eigenvalue weighted by Gasteiger charge is -2.32. The fourth-order valence-corrected chi connectivity index (χ4v) is 2.43. The topological polar surface area (TPSA) is 80.5 Å². The molecule has 0 atom stereocenters. The average Bonchev–Trinajstić information content (AvgIpc) is 2.47. The SMILES string of the molecule is CCOC1CCN(c2nc(NC)ccc2[N+](=O)[O-])CC1. The molecule has 1 aromatic rings. The lowest BCUT2D eigenvalue weighted by atomic mass is 10.1. The molecule has 7 heteroatoms. The summed E-state index contributed by atoms with van der Waals surface area (Å²) in [5.74, 6) is 1.08. The molecule has 0 amide bonds. The highest BCUT2D eigenvalue weighted by molar-refractivity contribution is 5.61. The summed E-state index contributed by atoms with van der Waals surface area (Å²) in [6.07, 6.45) is 2.00. The maximum atomic E-state index is 11.1. The van der Waals surface area contributed by atoms with Gasteiger partial charge in [-0.05, 0) is 25.8 Å². The van der Waals surface area contributed by atoms with Crippen LogP contribution in [0, 0.1) is 10.1 Å². The highest BCUT2D eigenvalue weighted by Crippen LogP contribution is 2.30. The van der Waals surface area contributed by atoms with Crippen molar-refractivity contribution in [2.75, 3.05) is 37.0 Å². The average molecular weight is 280 g/mol. The van der Waals surface area contributed by atoms with E-state index in [0.717, 1.165) is 25.9 Å². The van der Waals surface area contributed by atoms with Crippen LogP contribution < -0.4 is 10.2 Å². The van der Waals surface area contributed by atoms with Crippen LogP contribution in [0.3, 0.4) is 0 Å². The zero-order valence-electron chi connectivity index (χ0n) is 11.8. The number of piperidine rings is 1. The Morgan fingerprint density at radius 2 is 2.20 bits per heavy atom. The molecule has 0 aliphatic carbocycles. The van der Waals surface area contributed by atoms with E-state index in [1.54, 1.807) is 13.1 Å². The lowest BCUT2D eigenvalue weighted by molar-refractivity contribution is -0.384. The summed E-state index contributed by atoms with van der Waals surface area (Å²) in [4.78, 5) is 17.1. The Kier molecular flexibility index (Phi) is 4.73. The molecule has 1 aromatic heterocycles. The van der Waals surface area contributed by atoms with Gasteiger partial charge >= 0.3 is 5.69 Å². The Labute approximate surface area is 118 Å². The van der Waals surface area contributed by atoms with Gasteiger partial charge in [-0.2, -0.15) is 0 Å². The van der Waals surface area contributed by atoms with E-state index in [2.05, 4.69) is 10.3 Å². The summed E-state index contributed by atoms with van der Waals surface area (Å²) < 4.78 is 5.60. The Bertz CT molecular complexity index is 473. The Morgan fingerprint density at radius 3 is 2.75 bits per heavy atom. The van der Waals surface area contributed by atoms with Crippen molar-refractivity contribution in [3.63, 3.8) is 0 Å². The summed E-state index contributed by atoms with van der Waals surface area (Å²) in [7, 11) is 1.75. The number of hydrogen-bond acceptors (Lipinski definition) is 6. The third-order valence-corrected chi connectivity index (χ3v) is 3.45. The number of nitrogens with one attached hydrogen (secondary N) is 1. The lowest BCUT2D eigenvalue weighted by Crippen LogP contribution is -2.37. The molecule has 1 aliphatic heterocycles. The van der Waals surface area contributed by atoms with Gasteiger partial charge in [0.05, 0.1) is 11.0 Å². The molecular weight excluding hydrogens is 260 g/mol. The van der Waals surface area contributed by atoms with Crippen molar-refractivity contribution in [3.05, 3.63) is 22.2 Å². The van der Waals surface area contributed by atoms with Crippen LogP contribution in [0.1, 0.15) is 19.8 Å². The van der Waals surface area contributed by atoms with Crippen LogP contribution in [0.25, 0.3) is 0 Å². The maximum absolute atomic E-state index is 11.1. The van der Waals surface area contributed by atoms with Gasteiger partial charge in [-0.15, -0.1) is 0 Å². The number of anilines is 2. The minimum absolute atomic E-state index is 0.0545. The van der Waals surface area contributed by atoms with Crippen LogP contribution in [-0.4, -0.2) is 42.8 Å². The van der Waals surface area contributed by atoms with Gasteiger partial charge in [-0.25, -0.2) is 4.98 Å². The molecule has 1 fully saturated rings. The van der Waals surface area contributed by atoms with Crippen molar-refractivity contribution >= 4 is 17.3 Å². The van der Waals surface area contributed by atoms with Crippen LogP contribution in [0.4, 0.5) is 17.3 Å². The van der Waals surface area contributed by atoms with E-state index in [4.69, 9.17) is 4.74 Å². The monoisotopic (exact) mass is 280 g/mol. The van der Waals surface area contributed by atoms with Crippen molar-refractivity contribution in [2.24, 2.45) is 0 Å². The molecule has 1 N–H and O–H groups in total. The first-order valence-corrected chi connectivity index (χ1v) is 6.85. The van der Waals surface area contributed by atoms with E-state index in [0.29, 0.717) is 18.2 Å². The van der Waals surface area contributed by atoms with Crippen LogP contribution in [0.15, 0.2) is 12.1 Å². The third-order valence-electron chi connectivity index (χ3n) is 3.45. The van der Waals surface area contributed by atoms with E-state index in [9.17, 15) is 10.1 Å². The molecule has 20 heavy (non-hydrogen) atoms. The molecule has 0 aromatic carbocycles. The van der Waals surface area contributed by atoms with Gasteiger partial charge in [0, 0.05) is 32.8 Å². The first kappa shape index (κ1) is 14.5. The minimum Gasteiger partial charge on any atom is -0.378 e. The molecule has 0 bridgehead atoms. The second kappa shape index (κ2) is 6.51. The first-order chi connectivity index (χ1) is 9.65. The maximum Gasteiger partial charge on any atom is 0.311 e. The molecule has 1 saturated heterocycles. The molecule has 2 rings (SSSR count). The number of nitro groups is 1. The normalized spacial score (nSPS) is 16.2. The standard InChI is InChI=1S/C13H20N4O3/c1-3-20-10-6-8-16(9-7-10)13-11(17(18)19)4-5-12(14-2)15-13/h4-5,10H,3,6-9H2,1-2H3,(H,14,15). The quantitative estimate of drug-likeness (QED) is 0.656. The van der Waals surface area contributed by atoms with Gasteiger partial charge in [-0.3, -0.25) is 10.1 Å². The second-order valence-corrected chi connectivity index (χ2v) is 4.69. The van der Waals surface area contributed by atoms with Crippen molar-refractivity contribution in [3.8, 4) is 0 Å². The number of hydrogen-bond donors (Lipinski definition) is 1. The molecule has 1 aliphatic rings. The predicted octanol–water partition coefficient (Wildman–Crippen LogP) is 2.04. The number of nitrogens with zero attached hydrogens (tertiary/aromatic N) is 3.